The lowest BCUT2D eigenvalue weighted by atomic mass is 10.2. The number of rotatable bonds is 0. The standard InChI is InChI=1S/C6H9N5/c7-10-3-1-2-5-6(10)4-9-11(5)8/h1-4,9H,7-8H2. The van der Waals surface area contributed by atoms with Crippen LogP contribution in [0.3, 0.4) is 0 Å². The van der Waals surface area contributed by atoms with Gasteiger partial charge in [-0.05, 0) is 12.2 Å². The van der Waals surface area contributed by atoms with E-state index in [9.17, 15) is 0 Å². The van der Waals surface area contributed by atoms with E-state index in [4.69, 9.17) is 11.7 Å². The number of hydrazine groups is 3. The van der Waals surface area contributed by atoms with Gasteiger partial charge >= 0.3 is 0 Å². The van der Waals surface area contributed by atoms with Crippen molar-refractivity contribution in [1.29, 1.82) is 0 Å². The third kappa shape index (κ3) is 0.787. The van der Waals surface area contributed by atoms with Crippen molar-refractivity contribution in [2.24, 2.45) is 11.7 Å². The minimum atomic E-state index is 0.870. The molecule has 0 radical (unpaired) electrons. The summed E-state index contributed by atoms with van der Waals surface area (Å²) >= 11 is 0. The van der Waals surface area contributed by atoms with E-state index in [-0.39, 0.29) is 0 Å². The van der Waals surface area contributed by atoms with Gasteiger partial charge in [0.15, 0.2) is 0 Å². The first-order chi connectivity index (χ1) is 5.29. The van der Waals surface area contributed by atoms with Gasteiger partial charge in [-0.2, -0.15) is 0 Å². The fraction of sp³-hybridized carbons (Fsp3) is 0. The van der Waals surface area contributed by atoms with Crippen LogP contribution in [0.5, 0.6) is 0 Å². The molecule has 0 aromatic heterocycles. The van der Waals surface area contributed by atoms with Crippen LogP contribution in [0.25, 0.3) is 0 Å². The molecular weight excluding hydrogens is 142 g/mol. The number of nitrogens with zero attached hydrogens (tertiary/aromatic N) is 2. The Bertz CT molecular complexity index is 264. The van der Waals surface area contributed by atoms with Crippen LogP contribution in [-0.4, -0.2) is 10.1 Å². The van der Waals surface area contributed by atoms with Gasteiger partial charge in [-0.1, -0.05) is 0 Å². The van der Waals surface area contributed by atoms with Crippen molar-refractivity contribution in [3.8, 4) is 0 Å². The zero-order valence-electron chi connectivity index (χ0n) is 5.86. The highest BCUT2D eigenvalue weighted by atomic mass is 15.7. The van der Waals surface area contributed by atoms with Crippen LogP contribution >= 0.6 is 0 Å². The van der Waals surface area contributed by atoms with Gasteiger partial charge in [0.05, 0.1) is 0 Å². The summed E-state index contributed by atoms with van der Waals surface area (Å²) in [5.74, 6) is 11.1. The maximum absolute atomic E-state index is 5.60. The Hall–Kier alpha value is -1.46. The Balaban J connectivity index is 2.38. The third-order valence-electron chi connectivity index (χ3n) is 1.64. The van der Waals surface area contributed by atoms with E-state index in [2.05, 4.69) is 5.43 Å². The molecule has 58 valence electrons. The van der Waals surface area contributed by atoms with Crippen molar-refractivity contribution in [3.63, 3.8) is 0 Å². The molecule has 5 heteroatoms. The van der Waals surface area contributed by atoms with Gasteiger partial charge in [0.1, 0.15) is 11.4 Å². The van der Waals surface area contributed by atoms with Crippen molar-refractivity contribution in [2.45, 2.75) is 0 Å². The molecule has 0 unspecified atom stereocenters. The summed E-state index contributed by atoms with van der Waals surface area (Å²) in [5, 5.41) is 2.92. The summed E-state index contributed by atoms with van der Waals surface area (Å²) in [6, 6.07) is 0. The second-order valence-electron chi connectivity index (χ2n) is 2.33. The molecule has 11 heavy (non-hydrogen) atoms. The molecule has 5 N–H and O–H groups in total. The minimum absolute atomic E-state index is 0.870. The lowest BCUT2D eigenvalue weighted by molar-refractivity contribution is 0.316. The van der Waals surface area contributed by atoms with Crippen LogP contribution in [0.1, 0.15) is 0 Å². The van der Waals surface area contributed by atoms with E-state index < -0.39 is 0 Å². The van der Waals surface area contributed by atoms with Crippen LogP contribution in [0.4, 0.5) is 0 Å². The summed E-state index contributed by atoms with van der Waals surface area (Å²) in [5.41, 5.74) is 4.55. The molecule has 0 saturated heterocycles. The zero-order chi connectivity index (χ0) is 7.84. The average Bonchev–Trinajstić information content (AvgIpc) is 2.35. The maximum atomic E-state index is 5.60. The monoisotopic (exact) mass is 151 g/mol. The fourth-order valence-corrected chi connectivity index (χ4v) is 1.08. The Labute approximate surface area is 64.1 Å². The molecule has 0 fully saturated rings. The molecule has 5 nitrogen and oxygen atoms in total. The summed E-state index contributed by atoms with van der Waals surface area (Å²) in [7, 11) is 0. The predicted molar refractivity (Wildman–Crippen MR) is 40.5 cm³/mol. The van der Waals surface area contributed by atoms with Crippen molar-refractivity contribution < 1.29 is 0 Å². The van der Waals surface area contributed by atoms with E-state index in [0.29, 0.717) is 0 Å². The van der Waals surface area contributed by atoms with Gasteiger partial charge < -0.3 is 0 Å². The summed E-state index contributed by atoms with van der Waals surface area (Å²) < 4.78 is 0. The van der Waals surface area contributed by atoms with Crippen molar-refractivity contribution in [1.82, 2.24) is 15.6 Å². The zero-order valence-corrected chi connectivity index (χ0v) is 5.86. The topological polar surface area (TPSA) is 70.5 Å². The number of fused-ring (bicyclic) bond motifs is 1. The normalized spacial score (nSPS) is 20.9. The first kappa shape index (κ1) is 6.26. The van der Waals surface area contributed by atoms with Crippen molar-refractivity contribution in [3.05, 3.63) is 35.9 Å². The molecule has 0 atom stereocenters. The Morgan fingerprint density at radius 1 is 1.27 bits per heavy atom. The van der Waals surface area contributed by atoms with Crippen LogP contribution in [0, 0.1) is 0 Å². The third-order valence-corrected chi connectivity index (χ3v) is 1.64. The molecule has 0 aromatic carbocycles. The number of hydrogen-bond acceptors (Lipinski definition) is 5. The van der Waals surface area contributed by atoms with E-state index in [1.165, 1.54) is 10.1 Å². The highest BCUT2D eigenvalue weighted by molar-refractivity contribution is 5.37. The Morgan fingerprint density at radius 3 is 2.82 bits per heavy atom. The number of hydrogen-bond donors (Lipinski definition) is 3. The quantitative estimate of drug-likeness (QED) is 0.392. The van der Waals surface area contributed by atoms with Gasteiger partial charge in [0.2, 0.25) is 0 Å². The van der Waals surface area contributed by atoms with Gasteiger partial charge in [-0.25, -0.2) is 16.8 Å². The lowest BCUT2D eigenvalue weighted by Gasteiger charge is -2.21. The van der Waals surface area contributed by atoms with E-state index >= 15 is 0 Å². The van der Waals surface area contributed by atoms with Crippen LogP contribution in [0.2, 0.25) is 0 Å². The Kier molecular flexibility index (Phi) is 1.14. The van der Waals surface area contributed by atoms with Gasteiger partial charge in [-0.15, -0.1) is 0 Å². The summed E-state index contributed by atoms with van der Waals surface area (Å²) in [4.78, 5) is 0. The van der Waals surface area contributed by atoms with Crippen molar-refractivity contribution in [2.75, 3.05) is 0 Å². The summed E-state index contributed by atoms with van der Waals surface area (Å²) in [6.45, 7) is 0. The molecule has 0 spiro atoms. The first-order valence-electron chi connectivity index (χ1n) is 3.23. The molecule has 2 rings (SSSR count). The van der Waals surface area contributed by atoms with E-state index in [0.717, 1.165) is 11.4 Å². The smallest absolute Gasteiger partial charge is 0.102 e. The molecule has 2 heterocycles. The SMILES string of the molecule is NN1C=CC=C2C1=CNN2N. The molecular formula is C6H9N5. The average molecular weight is 151 g/mol. The molecule has 0 aromatic rings. The lowest BCUT2D eigenvalue weighted by Crippen LogP contribution is -2.37. The van der Waals surface area contributed by atoms with E-state index in [1.54, 1.807) is 12.4 Å². The maximum Gasteiger partial charge on any atom is 0.102 e. The second kappa shape index (κ2) is 2.01. The van der Waals surface area contributed by atoms with Gasteiger partial charge in [0, 0.05) is 12.4 Å². The molecule has 0 aliphatic carbocycles. The highest BCUT2D eigenvalue weighted by Crippen LogP contribution is 2.21. The number of allylic oxidation sites excluding steroid dienone is 2. The molecule has 0 bridgehead atoms. The number of nitrogens with one attached hydrogen (secondary N) is 1. The molecule has 2 aliphatic heterocycles. The van der Waals surface area contributed by atoms with Gasteiger partial charge in [0.25, 0.3) is 0 Å². The molecule has 2 aliphatic rings. The highest BCUT2D eigenvalue weighted by Gasteiger charge is 2.21. The van der Waals surface area contributed by atoms with Crippen LogP contribution in [0.15, 0.2) is 35.9 Å². The number of nitrogens with two attached hydrogens (primary N) is 2. The first-order valence-corrected chi connectivity index (χ1v) is 3.23. The minimum Gasteiger partial charge on any atom is -0.289 e. The van der Waals surface area contributed by atoms with Crippen molar-refractivity contribution >= 4 is 0 Å². The summed E-state index contributed by atoms with van der Waals surface area (Å²) in [6.07, 6.45) is 7.22. The van der Waals surface area contributed by atoms with E-state index in [1.807, 2.05) is 12.2 Å². The predicted octanol–water partition coefficient (Wildman–Crippen LogP) is -0.891. The fourth-order valence-electron chi connectivity index (χ4n) is 1.08. The molecule has 0 amide bonds. The largest absolute Gasteiger partial charge is 0.289 e. The van der Waals surface area contributed by atoms with Crippen LogP contribution < -0.4 is 17.1 Å². The Morgan fingerprint density at radius 2 is 2.09 bits per heavy atom. The second-order valence-corrected chi connectivity index (χ2v) is 2.33. The molecule has 0 saturated carbocycles. The van der Waals surface area contributed by atoms with Crippen LogP contribution in [-0.2, 0) is 0 Å². The van der Waals surface area contributed by atoms with Gasteiger partial charge in [-0.3, -0.25) is 10.4 Å².